The van der Waals surface area contributed by atoms with Gasteiger partial charge in [-0.1, -0.05) is 34.1 Å². The fourth-order valence-corrected chi connectivity index (χ4v) is 3.54. The Morgan fingerprint density at radius 1 is 1.13 bits per heavy atom. The molecule has 0 fully saturated rings. The molecule has 2 N–H and O–H groups in total. The van der Waals surface area contributed by atoms with Gasteiger partial charge in [0, 0.05) is 10.2 Å². The third-order valence-electron chi connectivity index (χ3n) is 3.10. The Balaban J connectivity index is 2.08. The molecule has 118 valence electrons. The SMILES string of the molecule is O=C(Nc1ccccc1)C1=C(O)c2cc(Br)ccc2OS1(=O)=O. The van der Waals surface area contributed by atoms with E-state index in [0.717, 1.165) is 0 Å². The highest BCUT2D eigenvalue weighted by Crippen LogP contribution is 2.37. The molecular weight excluding hydrogens is 386 g/mol. The van der Waals surface area contributed by atoms with E-state index in [9.17, 15) is 18.3 Å². The number of para-hydroxylation sites is 1. The molecule has 0 atom stereocenters. The van der Waals surface area contributed by atoms with Gasteiger partial charge >= 0.3 is 10.1 Å². The number of benzene rings is 2. The lowest BCUT2D eigenvalue weighted by atomic mass is 10.1. The van der Waals surface area contributed by atoms with Crippen LogP contribution < -0.4 is 9.50 Å². The van der Waals surface area contributed by atoms with Gasteiger partial charge in [-0.2, -0.15) is 8.42 Å². The van der Waals surface area contributed by atoms with Gasteiger partial charge < -0.3 is 14.6 Å². The molecule has 2 aromatic rings. The van der Waals surface area contributed by atoms with Gasteiger partial charge in [0.15, 0.2) is 11.5 Å². The van der Waals surface area contributed by atoms with Crippen molar-refractivity contribution in [2.24, 2.45) is 0 Å². The maximum Gasteiger partial charge on any atom is 0.348 e. The molecule has 1 heterocycles. The molecule has 0 spiro atoms. The molecule has 0 bridgehead atoms. The number of rotatable bonds is 2. The monoisotopic (exact) mass is 395 g/mol. The number of hydrogen-bond donors (Lipinski definition) is 2. The second-order valence-corrected chi connectivity index (χ2v) is 7.07. The van der Waals surface area contributed by atoms with Crippen molar-refractivity contribution in [1.29, 1.82) is 0 Å². The maximum atomic E-state index is 12.3. The summed E-state index contributed by atoms with van der Waals surface area (Å²) in [5.41, 5.74) is 0.514. The third kappa shape index (κ3) is 2.95. The smallest absolute Gasteiger partial charge is 0.348 e. The number of carbonyl (C=O) groups excluding carboxylic acids is 1. The van der Waals surface area contributed by atoms with E-state index in [0.29, 0.717) is 10.2 Å². The summed E-state index contributed by atoms with van der Waals surface area (Å²) in [6.45, 7) is 0. The molecule has 0 saturated heterocycles. The molecule has 1 aliphatic rings. The molecule has 3 rings (SSSR count). The van der Waals surface area contributed by atoms with Crippen molar-refractivity contribution >= 4 is 43.4 Å². The van der Waals surface area contributed by atoms with Crippen LogP contribution in [0.15, 0.2) is 57.9 Å². The molecule has 0 saturated carbocycles. The van der Waals surface area contributed by atoms with Gasteiger partial charge in [0.05, 0.1) is 5.56 Å². The number of nitrogens with one attached hydrogen (secondary N) is 1. The van der Waals surface area contributed by atoms with Crippen molar-refractivity contribution < 1.29 is 22.5 Å². The van der Waals surface area contributed by atoms with Gasteiger partial charge in [0.2, 0.25) is 4.91 Å². The first-order valence-electron chi connectivity index (χ1n) is 6.42. The molecule has 2 aromatic carbocycles. The second kappa shape index (κ2) is 5.71. The van der Waals surface area contributed by atoms with E-state index in [1.807, 2.05) is 0 Å². The van der Waals surface area contributed by atoms with Crippen LogP contribution >= 0.6 is 15.9 Å². The molecule has 8 heteroatoms. The summed E-state index contributed by atoms with van der Waals surface area (Å²) in [5, 5.41) is 12.7. The highest BCUT2D eigenvalue weighted by molar-refractivity contribution is 9.10. The molecule has 0 aliphatic carbocycles. The molecule has 6 nitrogen and oxygen atoms in total. The van der Waals surface area contributed by atoms with E-state index in [2.05, 4.69) is 21.2 Å². The molecule has 23 heavy (non-hydrogen) atoms. The number of anilines is 1. The van der Waals surface area contributed by atoms with Crippen LogP contribution in [0.3, 0.4) is 0 Å². The largest absolute Gasteiger partial charge is 0.505 e. The first-order valence-corrected chi connectivity index (χ1v) is 8.62. The Morgan fingerprint density at radius 3 is 2.52 bits per heavy atom. The van der Waals surface area contributed by atoms with Gasteiger partial charge in [-0.15, -0.1) is 0 Å². The summed E-state index contributed by atoms with van der Waals surface area (Å²) in [6.07, 6.45) is 0. The minimum atomic E-state index is -4.42. The third-order valence-corrected chi connectivity index (χ3v) is 4.87. The summed E-state index contributed by atoms with van der Waals surface area (Å²) in [7, 11) is -4.42. The standard InChI is InChI=1S/C15H10BrNO5S/c16-9-6-7-12-11(8-9)13(18)14(23(20,21)22-12)15(19)17-10-4-2-1-3-5-10/h1-8,18H,(H,17,19). The first-order chi connectivity index (χ1) is 10.9. The van der Waals surface area contributed by atoms with Crippen LogP contribution in [-0.4, -0.2) is 19.4 Å². The number of aliphatic hydroxyl groups is 1. The highest BCUT2D eigenvalue weighted by Gasteiger charge is 2.37. The molecular formula is C15H10BrNO5S. The topological polar surface area (TPSA) is 92.7 Å². The zero-order valence-corrected chi connectivity index (χ0v) is 13.9. The molecule has 0 unspecified atom stereocenters. The molecule has 1 amide bonds. The lowest BCUT2D eigenvalue weighted by Gasteiger charge is -2.20. The van der Waals surface area contributed by atoms with Crippen LogP contribution in [0.5, 0.6) is 5.75 Å². The summed E-state index contributed by atoms with van der Waals surface area (Å²) in [5.74, 6) is -1.66. The van der Waals surface area contributed by atoms with Crippen molar-refractivity contribution in [3.05, 3.63) is 63.5 Å². The van der Waals surface area contributed by atoms with Crippen LogP contribution in [0.2, 0.25) is 0 Å². The minimum absolute atomic E-state index is 0.0399. The van der Waals surface area contributed by atoms with Gasteiger partial charge in [-0.05, 0) is 30.3 Å². The predicted molar refractivity (Wildman–Crippen MR) is 88.3 cm³/mol. The van der Waals surface area contributed by atoms with Gasteiger partial charge in [-0.3, -0.25) is 4.79 Å². The van der Waals surface area contributed by atoms with Gasteiger partial charge in [0.1, 0.15) is 0 Å². The number of aliphatic hydroxyl groups excluding tert-OH is 1. The predicted octanol–water partition coefficient (Wildman–Crippen LogP) is 3.04. The van der Waals surface area contributed by atoms with Crippen molar-refractivity contribution in [2.45, 2.75) is 0 Å². The van der Waals surface area contributed by atoms with E-state index in [1.165, 1.54) is 12.1 Å². The Hall–Kier alpha value is -2.32. The molecule has 0 radical (unpaired) electrons. The summed E-state index contributed by atoms with van der Waals surface area (Å²) in [4.78, 5) is 11.5. The molecule has 0 aromatic heterocycles. The Labute approximate surface area is 140 Å². The second-order valence-electron chi connectivity index (χ2n) is 4.68. The Morgan fingerprint density at radius 2 is 1.83 bits per heavy atom. The zero-order valence-electron chi connectivity index (χ0n) is 11.5. The lowest BCUT2D eigenvalue weighted by Crippen LogP contribution is -2.28. The van der Waals surface area contributed by atoms with Crippen molar-refractivity contribution in [3.8, 4) is 5.75 Å². The van der Waals surface area contributed by atoms with Crippen molar-refractivity contribution in [3.63, 3.8) is 0 Å². The van der Waals surface area contributed by atoms with Crippen LogP contribution in [-0.2, 0) is 14.9 Å². The van der Waals surface area contributed by atoms with E-state index < -0.39 is 26.7 Å². The van der Waals surface area contributed by atoms with E-state index in [4.69, 9.17) is 4.18 Å². The van der Waals surface area contributed by atoms with Crippen LogP contribution in [0, 0.1) is 0 Å². The fourth-order valence-electron chi connectivity index (χ4n) is 2.09. The normalized spacial score (nSPS) is 15.5. The average Bonchev–Trinajstić information content (AvgIpc) is 2.48. The lowest BCUT2D eigenvalue weighted by molar-refractivity contribution is -0.112. The number of amides is 1. The van der Waals surface area contributed by atoms with Crippen LogP contribution in [0.25, 0.3) is 5.76 Å². The Kier molecular flexibility index (Phi) is 3.87. The number of fused-ring (bicyclic) bond motifs is 1. The number of hydrogen-bond acceptors (Lipinski definition) is 5. The number of halogens is 1. The summed E-state index contributed by atoms with van der Waals surface area (Å²) < 4.78 is 29.8. The average molecular weight is 396 g/mol. The van der Waals surface area contributed by atoms with Crippen molar-refractivity contribution in [1.82, 2.24) is 0 Å². The summed E-state index contributed by atoms with van der Waals surface area (Å²) >= 11 is 3.22. The number of carbonyl (C=O) groups is 1. The van der Waals surface area contributed by atoms with Gasteiger partial charge in [0.25, 0.3) is 5.91 Å². The quantitative estimate of drug-likeness (QED) is 0.762. The summed E-state index contributed by atoms with van der Waals surface area (Å²) in [6, 6.07) is 12.7. The fraction of sp³-hybridized carbons (Fsp3) is 0. The van der Waals surface area contributed by atoms with Crippen molar-refractivity contribution in [2.75, 3.05) is 5.32 Å². The maximum absolute atomic E-state index is 12.3. The van der Waals surface area contributed by atoms with E-state index >= 15 is 0 Å². The van der Waals surface area contributed by atoms with Crippen LogP contribution in [0.4, 0.5) is 5.69 Å². The van der Waals surface area contributed by atoms with Crippen LogP contribution in [0.1, 0.15) is 5.56 Å². The highest BCUT2D eigenvalue weighted by atomic mass is 79.9. The minimum Gasteiger partial charge on any atom is -0.505 e. The van der Waals surface area contributed by atoms with Gasteiger partial charge in [-0.25, -0.2) is 0 Å². The van der Waals surface area contributed by atoms with E-state index in [1.54, 1.807) is 36.4 Å². The zero-order chi connectivity index (χ0) is 16.6. The molecule has 1 aliphatic heterocycles. The van der Waals surface area contributed by atoms with E-state index in [-0.39, 0.29) is 11.3 Å². The Bertz CT molecular complexity index is 922. The first kappa shape index (κ1) is 15.6.